The van der Waals surface area contributed by atoms with E-state index in [2.05, 4.69) is 12.1 Å². The molecule has 0 spiro atoms. The summed E-state index contributed by atoms with van der Waals surface area (Å²) in [5.41, 5.74) is 3.00. The number of carbonyl (C=O) groups excluding carboxylic acids is 2. The molecule has 1 aliphatic rings. The van der Waals surface area contributed by atoms with Crippen LogP contribution < -0.4 is 0 Å². The summed E-state index contributed by atoms with van der Waals surface area (Å²) in [6, 6.07) is 4.11. The zero-order valence-corrected chi connectivity index (χ0v) is 16.5. The minimum absolute atomic E-state index is 0.108. The first kappa shape index (κ1) is 20.4. The van der Waals surface area contributed by atoms with Crippen LogP contribution in [0.25, 0.3) is 0 Å². The van der Waals surface area contributed by atoms with Crippen LogP contribution in [0.5, 0.6) is 0 Å². The van der Waals surface area contributed by atoms with Crippen molar-refractivity contribution in [3.05, 3.63) is 34.4 Å². The highest BCUT2D eigenvalue weighted by atomic mass is 16.6. The fourth-order valence-electron chi connectivity index (χ4n) is 3.86. The molecule has 0 heterocycles. The van der Waals surface area contributed by atoms with E-state index < -0.39 is 17.5 Å². The lowest BCUT2D eigenvalue weighted by Gasteiger charge is -2.37. The summed E-state index contributed by atoms with van der Waals surface area (Å²) in [5.74, 6) is -0.864. The lowest BCUT2D eigenvalue weighted by Crippen LogP contribution is -2.50. The number of rotatable bonds is 6. The van der Waals surface area contributed by atoms with Crippen LogP contribution in [0.1, 0.15) is 54.9 Å². The Balaban J connectivity index is 2.20. The predicted molar refractivity (Wildman–Crippen MR) is 99.1 cm³/mol. The molecule has 0 aliphatic heterocycles. The molecule has 1 aromatic rings. The normalized spacial score (nSPS) is 22.7. The molecular formula is C21H30O5. The Morgan fingerprint density at radius 1 is 1.19 bits per heavy atom. The molecule has 1 fully saturated rings. The second kappa shape index (κ2) is 8.67. The van der Waals surface area contributed by atoms with E-state index in [1.807, 2.05) is 20.8 Å². The monoisotopic (exact) mass is 362 g/mol. The van der Waals surface area contributed by atoms with E-state index in [0.717, 1.165) is 35.1 Å². The Morgan fingerprint density at radius 3 is 2.42 bits per heavy atom. The Bertz CT molecular complexity index is 643. The quantitative estimate of drug-likeness (QED) is 0.724. The zero-order chi connectivity index (χ0) is 19.3. The molecular weight excluding hydrogens is 332 g/mol. The Hall–Kier alpha value is -1.88. The van der Waals surface area contributed by atoms with Gasteiger partial charge in [-0.25, -0.2) is 4.79 Å². The van der Waals surface area contributed by atoms with Crippen LogP contribution in [0.2, 0.25) is 0 Å². The van der Waals surface area contributed by atoms with Crippen LogP contribution >= 0.6 is 0 Å². The second-order valence-electron chi connectivity index (χ2n) is 7.20. The number of methoxy groups -OCH3 is 1. The fourth-order valence-corrected chi connectivity index (χ4v) is 3.86. The molecule has 5 heteroatoms. The molecule has 2 unspecified atom stereocenters. The average Bonchev–Trinajstić information content (AvgIpc) is 2.58. The standard InChI is InChI=1S/C21H30O5/c1-6-25-20(23)21(9-7-8-17(13-21)24-5)26-19(22)12-18-15(3)10-14(2)11-16(18)4/h10-11,17H,6-9,12-13H2,1-5H3. The molecule has 1 aromatic carbocycles. The van der Waals surface area contributed by atoms with Gasteiger partial charge in [0.05, 0.1) is 19.1 Å². The van der Waals surface area contributed by atoms with Crippen molar-refractivity contribution < 1.29 is 23.8 Å². The van der Waals surface area contributed by atoms with Crippen molar-refractivity contribution in [3.63, 3.8) is 0 Å². The smallest absolute Gasteiger partial charge is 0.350 e. The van der Waals surface area contributed by atoms with Gasteiger partial charge in [-0.15, -0.1) is 0 Å². The van der Waals surface area contributed by atoms with E-state index in [0.29, 0.717) is 12.8 Å². The first-order chi connectivity index (χ1) is 12.3. The highest BCUT2D eigenvalue weighted by molar-refractivity contribution is 5.84. The van der Waals surface area contributed by atoms with Gasteiger partial charge < -0.3 is 14.2 Å². The van der Waals surface area contributed by atoms with Gasteiger partial charge in [0.25, 0.3) is 0 Å². The van der Waals surface area contributed by atoms with E-state index >= 15 is 0 Å². The van der Waals surface area contributed by atoms with E-state index in [9.17, 15) is 9.59 Å². The lowest BCUT2D eigenvalue weighted by atomic mass is 9.82. The highest BCUT2D eigenvalue weighted by Crippen LogP contribution is 2.35. The summed E-state index contributed by atoms with van der Waals surface area (Å²) in [6.07, 6.45) is 2.47. The van der Waals surface area contributed by atoms with Gasteiger partial charge >= 0.3 is 11.9 Å². The number of carbonyl (C=O) groups is 2. The summed E-state index contributed by atoms with van der Waals surface area (Å²) >= 11 is 0. The topological polar surface area (TPSA) is 61.8 Å². The molecule has 144 valence electrons. The Kier molecular flexibility index (Phi) is 6.81. The zero-order valence-electron chi connectivity index (χ0n) is 16.5. The molecule has 1 aliphatic carbocycles. The van der Waals surface area contributed by atoms with Gasteiger partial charge in [0.15, 0.2) is 0 Å². The van der Waals surface area contributed by atoms with Gasteiger partial charge in [-0.1, -0.05) is 17.7 Å². The van der Waals surface area contributed by atoms with Crippen LogP contribution in [0.15, 0.2) is 12.1 Å². The van der Waals surface area contributed by atoms with Crippen LogP contribution in [0, 0.1) is 20.8 Å². The molecule has 2 atom stereocenters. The van der Waals surface area contributed by atoms with Gasteiger partial charge in [-0.3, -0.25) is 4.79 Å². The van der Waals surface area contributed by atoms with E-state index in [4.69, 9.17) is 14.2 Å². The number of esters is 2. The van der Waals surface area contributed by atoms with E-state index in [1.54, 1.807) is 14.0 Å². The van der Waals surface area contributed by atoms with Gasteiger partial charge in [-0.05, 0) is 63.6 Å². The maximum absolute atomic E-state index is 12.7. The first-order valence-electron chi connectivity index (χ1n) is 9.30. The number of hydrogen-bond donors (Lipinski definition) is 0. The molecule has 26 heavy (non-hydrogen) atoms. The fraction of sp³-hybridized carbons (Fsp3) is 0.619. The van der Waals surface area contributed by atoms with E-state index in [-0.39, 0.29) is 19.1 Å². The summed E-state index contributed by atoms with van der Waals surface area (Å²) < 4.78 is 16.4. The van der Waals surface area contributed by atoms with Crippen molar-refractivity contribution in [1.29, 1.82) is 0 Å². The summed E-state index contributed by atoms with van der Waals surface area (Å²) in [7, 11) is 1.62. The highest BCUT2D eigenvalue weighted by Gasteiger charge is 2.48. The average molecular weight is 362 g/mol. The molecule has 0 N–H and O–H groups in total. The number of benzene rings is 1. The number of ether oxygens (including phenoxy) is 3. The van der Waals surface area contributed by atoms with Gasteiger partial charge in [-0.2, -0.15) is 0 Å². The van der Waals surface area contributed by atoms with Crippen molar-refractivity contribution in [1.82, 2.24) is 0 Å². The van der Waals surface area contributed by atoms with Gasteiger partial charge in [0, 0.05) is 13.5 Å². The Morgan fingerprint density at radius 2 is 1.85 bits per heavy atom. The summed E-state index contributed by atoms with van der Waals surface area (Å²) in [5, 5.41) is 0. The molecule has 0 amide bonds. The van der Waals surface area contributed by atoms with Crippen molar-refractivity contribution in [3.8, 4) is 0 Å². The third-order valence-corrected chi connectivity index (χ3v) is 5.12. The first-order valence-corrected chi connectivity index (χ1v) is 9.30. The summed E-state index contributed by atoms with van der Waals surface area (Å²) in [6.45, 7) is 8.02. The third kappa shape index (κ3) is 4.64. The predicted octanol–water partition coefficient (Wildman–Crippen LogP) is 3.59. The minimum Gasteiger partial charge on any atom is -0.463 e. The maximum Gasteiger partial charge on any atom is 0.350 e. The molecule has 0 aromatic heterocycles. The van der Waals surface area contributed by atoms with Crippen molar-refractivity contribution in [2.75, 3.05) is 13.7 Å². The SMILES string of the molecule is CCOC(=O)C1(OC(=O)Cc2c(C)cc(C)cc2C)CCCC(OC)C1. The van der Waals surface area contributed by atoms with Crippen LogP contribution in [0.3, 0.4) is 0 Å². The largest absolute Gasteiger partial charge is 0.463 e. The third-order valence-electron chi connectivity index (χ3n) is 5.12. The molecule has 5 nitrogen and oxygen atoms in total. The molecule has 0 saturated heterocycles. The Labute approximate surface area is 156 Å². The summed E-state index contributed by atoms with van der Waals surface area (Å²) in [4.78, 5) is 25.3. The lowest BCUT2D eigenvalue weighted by molar-refractivity contribution is -0.191. The van der Waals surface area contributed by atoms with Crippen LogP contribution in [0.4, 0.5) is 0 Å². The second-order valence-corrected chi connectivity index (χ2v) is 7.20. The van der Waals surface area contributed by atoms with Crippen molar-refractivity contribution in [2.24, 2.45) is 0 Å². The van der Waals surface area contributed by atoms with Crippen molar-refractivity contribution in [2.45, 2.75) is 71.5 Å². The molecule has 1 saturated carbocycles. The van der Waals surface area contributed by atoms with Crippen molar-refractivity contribution >= 4 is 11.9 Å². The molecule has 0 bridgehead atoms. The van der Waals surface area contributed by atoms with Crippen LogP contribution in [-0.4, -0.2) is 37.4 Å². The number of hydrogen-bond acceptors (Lipinski definition) is 5. The minimum atomic E-state index is -1.24. The van der Waals surface area contributed by atoms with Crippen LogP contribution in [-0.2, 0) is 30.2 Å². The van der Waals surface area contributed by atoms with E-state index in [1.165, 1.54) is 0 Å². The molecule has 0 radical (unpaired) electrons. The number of aryl methyl sites for hydroxylation is 3. The molecule has 2 rings (SSSR count). The maximum atomic E-state index is 12.7. The van der Waals surface area contributed by atoms with Gasteiger partial charge in [0.1, 0.15) is 0 Å². The van der Waals surface area contributed by atoms with Gasteiger partial charge in [0.2, 0.25) is 5.60 Å².